The first kappa shape index (κ1) is 64.2. The van der Waals surface area contributed by atoms with Gasteiger partial charge in [0.25, 0.3) is 0 Å². The maximum absolute atomic E-state index is 12.2. The van der Waals surface area contributed by atoms with Crippen LogP contribution < -0.4 is 19.4 Å². The van der Waals surface area contributed by atoms with Crippen molar-refractivity contribution >= 4 is 78.7 Å². The van der Waals surface area contributed by atoms with E-state index in [4.69, 9.17) is 29.4 Å². The number of allylic oxidation sites excluding steroid dienone is 8. The van der Waals surface area contributed by atoms with Crippen molar-refractivity contribution in [3.8, 4) is 62.1 Å². The van der Waals surface area contributed by atoms with Crippen LogP contribution in [-0.4, -0.2) is 20.2 Å². The molecule has 2 atom stereocenters. The van der Waals surface area contributed by atoms with Gasteiger partial charge in [-0.15, -0.1) is 11.0 Å². The number of aromatic hydroxyl groups is 2. The Kier molecular flexibility index (Phi) is 16.0. The smallest absolute Gasteiger partial charge is 0.654 e. The predicted octanol–water partition coefficient (Wildman–Crippen LogP) is 22.5. The molecule has 0 saturated heterocycles. The van der Waals surface area contributed by atoms with Crippen LogP contribution in [0.15, 0.2) is 218 Å². The second kappa shape index (κ2) is 24.2. The number of ether oxygens (including phenoxy) is 2. The number of hydrogen-bond acceptors (Lipinski definition) is 6. The molecule has 2 aliphatic carbocycles. The average Bonchev–Trinajstić information content (AvgIpc) is 1.40. The third kappa shape index (κ3) is 11.8. The summed E-state index contributed by atoms with van der Waals surface area (Å²) in [6.45, 7) is 27.1. The molecule has 11 aromatic rings. The van der Waals surface area contributed by atoms with E-state index in [1.54, 1.807) is 12.1 Å². The van der Waals surface area contributed by atoms with E-state index in [2.05, 4.69) is 223 Å². The number of fused-ring (bicyclic) bond motifs is 12. The van der Waals surface area contributed by atoms with Crippen molar-refractivity contribution in [3.63, 3.8) is 0 Å². The van der Waals surface area contributed by atoms with E-state index in [9.17, 15) is 10.2 Å². The first-order chi connectivity index (χ1) is 45.9. The Bertz CT molecular complexity index is 5310. The molecule has 0 spiro atoms. The van der Waals surface area contributed by atoms with Gasteiger partial charge >= 0.3 is 16.8 Å². The van der Waals surface area contributed by atoms with Crippen LogP contribution in [0, 0.1) is 5.92 Å². The number of benzene rings is 8. The largest absolute Gasteiger partial charge is 2.00 e. The van der Waals surface area contributed by atoms with Gasteiger partial charge in [0, 0.05) is 22.6 Å². The number of hydrogen-bond donors (Lipinski definition) is 2. The molecule has 5 heterocycles. The predicted molar refractivity (Wildman–Crippen MR) is 398 cm³/mol. The van der Waals surface area contributed by atoms with Gasteiger partial charge in [0.05, 0.1) is 17.3 Å². The van der Waals surface area contributed by atoms with Gasteiger partial charge in [0.2, 0.25) is 0 Å². The molecule has 15 rings (SSSR count). The molecule has 0 fully saturated rings. The third-order valence-electron chi connectivity index (χ3n) is 19.4. The summed E-state index contributed by atoms with van der Waals surface area (Å²) in [5, 5.41) is 30.1. The summed E-state index contributed by atoms with van der Waals surface area (Å²) < 4.78 is 15.3. The molecule has 3 aromatic heterocycles. The van der Waals surface area contributed by atoms with E-state index in [1.165, 1.54) is 22.3 Å². The Hall–Kier alpha value is -10.2. The van der Waals surface area contributed by atoms with Gasteiger partial charge in [-0.25, -0.2) is 9.97 Å². The molecule has 8 aromatic carbocycles. The Labute approximate surface area is 578 Å². The third-order valence-corrected chi connectivity index (χ3v) is 19.4. The molecule has 8 nitrogen and oxygen atoms in total. The molecule has 8 bridgehead atoms. The van der Waals surface area contributed by atoms with E-state index in [-0.39, 0.29) is 55.9 Å². The first-order valence-corrected chi connectivity index (χ1v) is 33.4. The average molecular weight is 1310 g/mol. The minimum Gasteiger partial charge on any atom is -0.654 e. The summed E-state index contributed by atoms with van der Waals surface area (Å²) in [4.78, 5) is 22.9. The van der Waals surface area contributed by atoms with Crippen LogP contribution >= 0.6 is 0 Å². The molecule has 1 radical (unpaired) electrons. The molecule has 483 valence electrons. The fourth-order valence-electron chi connectivity index (χ4n) is 14.0. The standard InChI is InChI=1S/C88H78N4O4.Co/c1-85(2,3)57-45-55(46-58(49-57)86(4,5)6)77-65-33-37-69(89-65)83(95-75-43-31-53-23-15-19-27-63(53)81(75)79-61-25-17-13-21-51(61)29-41-73(79)93)71-39-35-67(91-71)78(56-47-59(87(7,8)9)50-60(48-56)88(10,11)12)68-36-40-72(92-68)84(70-38-34-66(77)90-70)96-76-44-32-54-24-16-20-28-64(54)82(76)80-62-26-18-14-22-52(62)30-42-74(80)94;/h13-50,63,81H,1-12H3,(H2-2,89,90,91,92,93,94);/q-2;+2. The van der Waals surface area contributed by atoms with Crippen molar-refractivity contribution in [2.24, 2.45) is 5.92 Å². The van der Waals surface area contributed by atoms with Crippen molar-refractivity contribution in [1.82, 2.24) is 19.9 Å². The Morgan fingerprint density at radius 1 is 0.392 bits per heavy atom. The van der Waals surface area contributed by atoms with Crippen molar-refractivity contribution < 1.29 is 36.5 Å². The summed E-state index contributed by atoms with van der Waals surface area (Å²) >= 11 is 0. The number of rotatable bonds is 8. The zero-order valence-corrected chi connectivity index (χ0v) is 58.0. The van der Waals surface area contributed by atoms with Crippen molar-refractivity contribution in [2.45, 2.75) is 111 Å². The Balaban J connectivity index is 0.00000807. The topological polar surface area (TPSA) is 113 Å². The number of phenolic OH excluding ortho intramolecular Hbond substituents is 2. The van der Waals surface area contributed by atoms with E-state index in [0.717, 1.165) is 71.3 Å². The van der Waals surface area contributed by atoms with E-state index in [1.807, 2.05) is 78.9 Å². The Morgan fingerprint density at radius 3 is 1.34 bits per heavy atom. The fraction of sp³-hybridized carbons (Fsp3) is 0.205. The number of aromatic nitrogens is 4. The van der Waals surface area contributed by atoms with Crippen molar-refractivity contribution in [3.05, 3.63) is 268 Å². The first-order valence-electron chi connectivity index (χ1n) is 33.4. The molecular formula is C88H78CoN4O4. The van der Waals surface area contributed by atoms with E-state index >= 15 is 0 Å². The van der Waals surface area contributed by atoms with Gasteiger partial charge in [0.15, 0.2) is 0 Å². The maximum atomic E-state index is 12.2. The SMILES string of the molecule is CC(C)(C)c1cc(-c2c3nc(c(Oc4ccc5ccccc5c4-c4c(O)ccc5ccccc45)c4ccc([n-]4)c(-c4cc(C(C)(C)C)cc(C(C)(C)C)c4)c4nc(c(OC5=CC=C6C=CC=CC6C5c5c(O)ccc6ccccc56)c5ccc2[n-]5)C=C4)C=C3)cc(C(C)(C)C)c1.[Co+2]. The van der Waals surface area contributed by atoms with Crippen molar-refractivity contribution in [1.29, 1.82) is 0 Å². The second-order valence-electron chi connectivity index (χ2n) is 30.1. The summed E-state index contributed by atoms with van der Waals surface area (Å²) in [6.07, 6.45) is 20.9. The van der Waals surface area contributed by atoms with Crippen LogP contribution in [0.1, 0.15) is 140 Å². The quantitative estimate of drug-likeness (QED) is 0.155. The van der Waals surface area contributed by atoms with E-state index in [0.29, 0.717) is 73.4 Å². The maximum Gasteiger partial charge on any atom is 2.00 e. The minimum absolute atomic E-state index is 0. The van der Waals surface area contributed by atoms with Gasteiger partial charge in [-0.05, 0) is 153 Å². The van der Waals surface area contributed by atoms with Crippen LogP contribution in [-0.2, 0) is 38.4 Å². The molecule has 2 N–H and O–H groups in total. The number of nitrogens with zero attached hydrogens (tertiary/aromatic N) is 4. The van der Waals surface area contributed by atoms with Gasteiger partial charge in [0.1, 0.15) is 45.9 Å². The summed E-state index contributed by atoms with van der Waals surface area (Å²) in [5.74, 6) is 1.76. The van der Waals surface area contributed by atoms with Gasteiger partial charge in [-0.3, -0.25) is 0 Å². The zero-order chi connectivity index (χ0) is 66.7. The summed E-state index contributed by atoms with van der Waals surface area (Å²) in [7, 11) is 0. The van der Waals surface area contributed by atoms with Crippen LogP contribution in [0.3, 0.4) is 0 Å². The minimum atomic E-state index is -0.444. The molecule has 97 heavy (non-hydrogen) atoms. The number of phenols is 2. The zero-order valence-electron chi connectivity index (χ0n) is 56.9. The van der Waals surface area contributed by atoms with Crippen molar-refractivity contribution in [2.75, 3.05) is 0 Å². The van der Waals surface area contributed by atoms with Crippen LogP contribution in [0.5, 0.6) is 28.7 Å². The molecule has 0 saturated carbocycles. The van der Waals surface area contributed by atoms with Gasteiger partial charge in [-0.2, -0.15) is 0 Å². The Morgan fingerprint density at radius 2 is 0.825 bits per heavy atom. The summed E-state index contributed by atoms with van der Waals surface area (Å²) in [5.41, 5.74) is 15.7. The molecule has 2 unspecified atom stereocenters. The van der Waals surface area contributed by atoms with E-state index < -0.39 is 5.92 Å². The molecule has 0 amide bonds. The van der Waals surface area contributed by atoms with Gasteiger partial charge in [-0.1, -0.05) is 276 Å². The molecular weight excluding hydrogens is 1240 g/mol. The molecule has 9 heteroatoms. The summed E-state index contributed by atoms with van der Waals surface area (Å²) in [6, 6.07) is 58.3. The van der Waals surface area contributed by atoms with Gasteiger partial charge < -0.3 is 29.7 Å². The van der Waals surface area contributed by atoms with Crippen LogP contribution in [0.4, 0.5) is 0 Å². The fourth-order valence-corrected chi connectivity index (χ4v) is 14.0. The van der Waals surface area contributed by atoms with Crippen LogP contribution in [0.2, 0.25) is 0 Å². The second-order valence-corrected chi connectivity index (χ2v) is 30.1. The molecule has 4 aliphatic rings. The van der Waals surface area contributed by atoms with Crippen LogP contribution in [0.25, 0.3) is 112 Å². The monoisotopic (exact) mass is 1310 g/mol. The normalized spacial score (nSPS) is 15.4. The molecule has 2 aliphatic heterocycles.